The van der Waals surface area contributed by atoms with E-state index in [0.717, 1.165) is 25.7 Å². The Morgan fingerprint density at radius 2 is 0.771 bits per heavy atom. The third-order valence-electron chi connectivity index (χ3n) is 19.7. The van der Waals surface area contributed by atoms with Gasteiger partial charge >= 0.3 is 0 Å². The molecule has 1 aromatic carbocycles. The van der Waals surface area contributed by atoms with E-state index in [-0.39, 0.29) is 43.5 Å². The minimum atomic E-state index is -1.17. The van der Waals surface area contributed by atoms with E-state index >= 15 is 0 Å². The third kappa shape index (κ3) is 17.3. The van der Waals surface area contributed by atoms with Crippen molar-refractivity contribution in [2.24, 2.45) is 34.8 Å². The van der Waals surface area contributed by atoms with Gasteiger partial charge in [-0.2, -0.15) is 0 Å². The van der Waals surface area contributed by atoms with Crippen molar-refractivity contribution in [3.05, 3.63) is 110 Å². The fraction of sp³-hybridized carbons (Fsp3) is 0.507. The first kappa shape index (κ1) is 80.2. The van der Waals surface area contributed by atoms with Gasteiger partial charge in [0.25, 0.3) is 0 Å². The topological polar surface area (TPSA) is 646 Å². The Balaban J connectivity index is 0.000000144. The Morgan fingerprint density at radius 3 is 1.07 bits per heavy atom. The van der Waals surface area contributed by atoms with Crippen LogP contribution in [0.4, 0.5) is 22.7 Å². The fourth-order valence-corrected chi connectivity index (χ4v) is 13.5. The molecule has 9 aromatic rings. The second-order valence-electron chi connectivity index (χ2n) is 27.7. The summed E-state index contributed by atoms with van der Waals surface area (Å²) in [6.45, 7) is 4.44. The number of imidazole rings is 4. The average Bonchev–Trinajstić information content (AvgIpc) is 1.64. The predicted octanol–water partition coefficient (Wildman–Crippen LogP) is -3.68. The number of benzene rings is 1. The maximum Gasteiger partial charge on any atom is 0.241 e. The summed E-state index contributed by atoms with van der Waals surface area (Å²) < 4.78 is 29.3. The highest BCUT2D eigenvalue weighted by molar-refractivity contribution is 5.88. The van der Waals surface area contributed by atoms with Gasteiger partial charge in [0.1, 0.15) is 76.9 Å². The van der Waals surface area contributed by atoms with Gasteiger partial charge in [0, 0.05) is 24.8 Å². The van der Waals surface area contributed by atoms with E-state index in [9.17, 15) is 60.0 Å². The second kappa shape index (κ2) is 35.2. The summed E-state index contributed by atoms with van der Waals surface area (Å²) in [5.41, 5.74) is 53.5. The standard InChI is InChI=1S/C19H22N6O4.2C17H26N6O4.C16H22N6O4/c20-11-6-7-22-17-14(11)23-9-25(17)19-16(27)15(12(8-26)29-19)24-18(28)13(21)10-4-2-1-3-5-10;1-8(2)5-10(19)16(26)22-13-11(6-24)27-17(14(13)25)23-7-21-12-9(18)3-4-20-15(12)23;1-2-3-4-10(19)16(26)22-13-11(7-24)27-17(14(13)25)23-8-21-12-9(18)5-6-20-15(12)23;17-8-3-4-19-14-11(8)20-6-22(14)16-13(24)12(9(5-23)26-16)21-15(25)10(18)7-1-2-7/h1-7,9,12-13,15-16,19,26-27H,8,21H2,(H2,20,22)(H,24,28);3-4,7-8,10-11,13-14,17,24-25H,5-6,19H2,1-2H3,(H2,18,20)(H,22,26);5-6,8,10-11,13-14,17,24-25H,2-4,7,19H2,1H3,(H2,18,20)(H,22,26);3-4,6-7,9-10,12-13,16,23-24H,1-2,5,18H2,(H2,17,19)(H,21,25)/t12-,13?,15?,16+,19-;2*10?,11-,13?,14+,17-;9-,10?,12?,13+,16-/m1111/s1. The molecule has 14 rings (SSSR count). The highest BCUT2D eigenvalue weighted by Crippen LogP contribution is 2.38. The lowest BCUT2D eigenvalue weighted by Gasteiger charge is -2.23. The quantitative estimate of drug-likeness (QED) is 0.0293. The molecule has 20 atom stereocenters. The van der Waals surface area contributed by atoms with Gasteiger partial charge in [-0.3, -0.25) is 37.4 Å². The number of carbonyl (C=O) groups is 4. The average molecular weight is 1520 g/mol. The summed E-state index contributed by atoms with van der Waals surface area (Å²) in [5, 5.41) is 92.6. The number of nitrogens with one attached hydrogen (secondary N) is 4. The zero-order valence-corrected chi connectivity index (χ0v) is 59.9. The molecule has 1 aliphatic carbocycles. The number of aromatic nitrogens is 12. The van der Waals surface area contributed by atoms with E-state index in [4.69, 9.17) is 64.8 Å². The summed E-state index contributed by atoms with van der Waals surface area (Å²) in [4.78, 5) is 83.4. The lowest BCUT2D eigenvalue weighted by atomic mass is 10.0. The molecule has 40 heteroatoms. The number of nitrogens with zero attached hydrogens (tertiary/aromatic N) is 12. The van der Waals surface area contributed by atoms with Crippen LogP contribution in [0, 0.1) is 11.8 Å². The summed E-state index contributed by atoms with van der Waals surface area (Å²) in [5.74, 6) is -1.17. The summed E-state index contributed by atoms with van der Waals surface area (Å²) >= 11 is 0. The molecule has 8 unspecified atom stereocenters. The largest absolute Gasteiger partial charge is 0.397 e. The van der Waals surface area contributed by atoms with Crippen LogP contribution in [0.3, 0.4) is 0 Å². The summed E-state index contributed by atoms with van der Waals surface area (Å²) in [6.07, 6.45) is 5.42. The van der Waals surface area contributed by atoms with Crippen LogP contribution in [0.15, 0.2) is 105 Å². The van der Waals surface area contributed by atoms with E-state index in [1.165, 1.54) is 54.7 Å². The molecule has 5 fully saturated rings. The first-order valence-electron chi connectivity index (χ1n) is 35.7. The second-order valence-corrected chi connectivity index (χ2v) is 27.7. The minimum absolute atomic E-state index is 0.183. The molecule has 5 aliphatic rings. The number of nitrogen functional groups attached to an aromatic ring is 4. The van der Waals surface area contributed by atoms with Gasteiger partial charge in [0.2, 0.25) is 23.6 Å². The molecule has 109 heavy (non-hydrogen) atoms. The van der Waals surface area contributed by atoms with Crippen LogP contribution in [-0.2, 0) is 38.1 Å². The van der Waals surface area contributed by atoms with Crippen LogP contribution in [0.5, 0.6) is 0 Å². The number of nitrogens with two attached hydrogens (primary N) is 8. The zero-order chi connectivity index (χ0) is 78.2. The summed E-state index contributed by atoms with van der Waals surface area (Å²) in [6, 6.07) is 9.19. The molecule has 0 spiro atoms. The van der Waals surface area contributed by atoms with Crippen molar-refractivity contribution in [3.8, 4) is 0 Å². The normalized spacial score (nSPS) is 26.9. The van der Waals surface area contributed by atoms with Gasteiger partial charge in [-0.1, -0.05) is 63.9 Å². The highest BCUT2D eigenvalue weighted by atomic mass is 16.6. The van der Waals surface area contributed by atoms with Crippen molar-refractivity contribution < 1.29 is 79.0 Å². The van der Waals surface area contributed by atoms with Crippen molar-refractivity contribution in [1.82, 2.24) is 79.4 Å². The van der Waals surface area contributed by atoms with Gasteiger partial charge < -0.3 is 127 Å². The van der Waals surface area contributed by atoms with E-state index in [1.54, 1.807) is 62.2 Å². The van der Waals surface area contributed by atoms with Crippen LogP contribution in [0.25, 0.3) is 44.7 Å². The van der Waals surface area contributed by atoms with E-state index in [0.29, 0.717) is 85.8 Å². The smallest absolute Gasteiger partial charge is 0.241 e. The lowest BCUT2D eigenvalue weighted by molar-refractivity contribution is -0.125. The van der Waals surface area contributed by atoms with Gasteiger partial charge in [-0.25, -0.2) is 39.9 Å². The van der Waals surface area contributed by atoms with Crippen molar-refractivity contribution in [3.63, 3.8) is 0 Å². The van der Waals surface area contributed by atoms with Crippen molar-refractivity contribution in [2.45, 2.75) is 181 Å². The van der Waals surface area contributed by atoms with Crippen molar-refractivity contribution in [2.75, 3.05) is 49.4 Å². The van der Waals surface area contributed by atoms with E-state index in [2.05, 4.69) is 61.1 Å². The molecule has 8 aromatic heterocycles. The highest BCUT2D eigenvalue weighted by Gasteiger charge is 2.51. The molecule has 4 amide bonds. The molecule has 0 radical (unpaired) electrons. The summed E-state index contributed by atoms with van der Waals surface area (Å²) in [7, 11) is 0. The van der Waals surface area contributed by atoms with Crippen molar-refractivity contribution in [1.29, 1.82) is 0 Å². The number of ether oxygens (including phenoxy) is 4. The first-order valence-corrected chi connectivity index (χ1v) is 35.7. The minimum Gasteiger partial charge on any atom is -0.397 e. The SMILES string of the molecule is CC(C)CC(N)C(=O)NC1[C@@H](CO)O[C@@H](n2cnc3c(N)ccnc32)[C@H]1O.CCCCC(N)C(=O)NC1[C@@H](CO)O[C@@H](n2cnc3c(N)ccnc32)[C@H]1O.Nc1ccnc2c1ncn2[C@@H]1O[C@H](CO)C(NC(=O)C(N)C2CC2)[C@@H]1O.Nc1ccnc2c1ncn2[C@@H]1O[C@H](CO)C(NC(=O)C(N)c2ccccc2)[C@@H]1O. The van der Waals surface area contributed by atoms with Crippen LogP contribution >= 0.6 is 0 Å². The van der Waals surface area contributed by atoms with E-state index in [1.807, 2.05) is 26.8 Å². The molecule has 588 valence electrons. The number of rotatable bonds is 23. The number of fused-ring (bicyclic) bond motifs is 4. The number of anilines is 4. The number of hydrogen-bond acceptors (Lipinski definition) is 32. The maximum absolute atomic E-state index is 12.6. The lowest BCUT2D eigenvalue weighted by Crippen LogP contribution is -2.53. The monoisotopic (exact) mass is 1520 g/mol. The number of hydrogen-bond donors (Lipinski definition) is 20. The molecule has 0 bridgehead atoms. The number of unbranched alkanes of at least 4 members (excludes halogenated alkanes) is 1. The van der Waals surface area contributed by atoms with Gasteiger partial charge in [0.15, 0.2) is 47.5 Å². The van der Waals surface area contributed by atoms with E-state index < -0.39 is 140 Å². The zero-order valence-electron chi connectivity index (χ0n) is 59.9. The Bertz CT molecular complexity index is 4570. The van der Waals surface area contributed by atoms with Gasteiger partial charge in [-0.15, -0.1) is 0 Å². The molecule has 4 aliphatic heterocycles. The molecule has 1 saturated carbocycles. The van der Waals surface area contributed by atoms with Gasteiger partial charge in [0.05, 0.1) is 117 Å². The molecule has 28 N–H and O–H groups in total. The molecular weight excluding hydrogens is 1420 g/mol. The number of aliphatic hydroxyl groups is 8. The fourth-order valence-electron chi connectivity index (χ4n) is 13.5. The van der Waals surface area contributed by atoms with Crippen LogP contribution in [0.2, 0.25) is 0 Å². The number of aliphatic hydroxyl groups excluding tert-OH is 8. The third-order valence-corrected chi connectivity index (χ3v) is 19.7. The molecule has 12 heterocycles. The Hall–Kier alpha value is -9.86. The van der Waals surface area contributed by atoms with Crippen LogP contribution in [0.1, 0.15) is 95.8 Å². The Labute approximate surface area is 622 Å². The first-order chi connectivity index (χ1) is 52.3. The predicted molar refractivity (Wildman–Crippen MR) is 392 cm³/mol. The van der Waals surface area contributed by atoms with Crippen LogP contribution < -0.4 is 67.1 Å². The number of pyridine rings is 4. The molecular formula is C69H96N24O16. The molecule has 40 nitrogen and oxygen atoms in total. The number of amides is 4. The Kier molecular flexibility index (Phi) is 25.9. The number of carbonyl (C=O) groups excluding carboxylic acids is 4. The van der Waals surface area contributed by atoms with Gasteiger partial charge in [-0.05, 0) is 67.3 Å². The van der Waals surface area contributed by atoms with Crippen molar-refractivity contribution >= 4 is 91.0 Å². The Morgan fingerprint density at radius 1 is 0.459 bits per heavy atom. The maximum atomic E-state index is 12.6. The van der Waals surface area contributed by atoms with Crippen LogP contribution in [-0.4, -0.2) is 240 Å². The molecule has 4 saturated heterocycles.